The first kappa shape index (κ1) is 32.4. The lowest BCUT2D eigenvalue weighted by Gasteiger charge is -2.35. The van der Waals surface area contributed by atoms with Gasteiger partial charge in [-0.25, -0.2) is 4.79 Å². The highest BCUT2D eigenvalue weighted by atomic mass is 35.5. The summed E-state index contributed by atoms with van der Waals surface area (Å²) in [5.41, 5.74) is -0.570. The third-order valence-electron chi connectivity index (χ3n) is 6.87. The molecule has 38 heavy (non-hydrogen) atoms. The van der Waals surface area contributed by atoms with Crippen LogP contribution in [0.4, 0.5) is 4.79 Å². The van der Waals surface area contributed by atoms with Crippen LogP contribution in [0.2, 0.25) is 0 Å². The van der Waals surface area contributed by atoms with Crippen LogP contribution in [0.1, 0.15) is 83.9 Å². The van der Waals surface area contributed by atoms with Crippen LogP contribution in [-0.2, 0) is 14.3 Å². The summed E-state index contributed by atoms with van der Waals surface area (Å²) in [6, 6.07) is 0. The molecule has 10 nitrogen and oxygen atoms in total. The lowest BCUT2D eigenvalue weighted by atomic mass is 9.83. The number of carbonyl (C=O) groups is 3. The van der Waals surface area contributed by atoms with Crippen LogP contribution in [0.25, 0.3) is 0 Å². The van der Waals surface area contributed by atoms with Crippen molar-refractivity contribution in [3.05, 3.63) is 5.89 Å². The first-order valence-corrected chi connectivity index (χ1v) is 14.5. The summed E-state index contributed by atoms with van der Waals surface area (Å²) in [4.78, 5) is 42.8. The molecule has 0 spiro atoms. The Morgan fingerprint density at radius 2 is 1.71 bits per heavy atom. The van der Waals surface area contributed by atoms with Crippen molar-refractivity contribution >= 4 is 42.1 Å². The van der Waals surface area contributed by atoms with Gasteiger partial charge in [-0.15, -0.1) is 22.6 Å². The molecule has 216 valence electrons. The maximum Gasteiger partial charge on any atom is 0.410 e. The molecule has 1 N–H and O–H groups in total. The standard InChI is InChI=1S/C26H43N5O5S.ClH/c1-26(2,3)36-25(34)31-14-12-18(13-15-31)20(23-28-29-24(35-23)37-17-16-30(4)5)22(33)27-21(32)19-10-8-6-7-9-11-19;/h18-20H,6-17H2,1-5H3,(H,27,32,33);1H. The smallest absolute Gasteiger partial charge is 0.410 e. The highest BCUT2D eigenvalue weighted by Crippen LogP contribution is 2.34. The maximum absolute atomic E-state index is 13.5. The number of likely N-dealkylation sites (tertiary alicyclic amines) is 1. The molecule has 2 aliphatic rings. The van der Waals surface area contributed by atoms with Gasteiger partial charge in [0.1, 0.15) is 11.5 Å². The van der Waals surface area contributed by atoms with Crippen molar-refractivity contribution in [3.8, 4) is 0 Å². The first-order valence-electron chi connectivity index (χ1n) is 13.5. The monoisotopic (exact) mass is 573 g/mol. The topological polar surface area (TPSA) is 118 Å². The fraction of sp³-hybridized carbons (Fsp3) is 0.808. The van der Waals surface area contributed by atoms with Crippen LogP contribution < -0.4 is 5.32 Å². The molecule has 0 radical (unpaired) electrons. The largest absolute Gasteiger partial charge is 0.444 e. The van der Waals surface area contributed by atoms with Crippen LogP contribution in [-0.4, -0.2) is 83.0 Å². The van der Waals surface area contributed by atoms with E-state index < -0.39 is 17.4 Å². The number of rotatable bonds is 8. The number of hydrogen-bond donors (Lipinski definition) is 1. The molecule has 1 aromatic rings. The second-order valence-corrected chi connectivity index (χ2v) is 12.4. The number of piperidine rings is 1. The van der Waals surface area contributed by atoms with Gasteiger partial charge in [-0.1, -0.05) is 37.4 Å². The average Bonchev–Trinajstić information content (AvgIpc) is 3.09. The van der Waals surface area contributed by atoms with Crippen molar-refractivity contribution in [2.45, 2.75) is 88.9 Å². The molecule has 1 aromatic heterocycles. The number of amides is 3. The van der Waals surface area contributed by atoms with Crippen molar-refractivity contribution in [1.29, 1.82) is 0 Å². The van der Waals surface area contributed by atoms with E-state index in [1.807, 2.05) is 34.9 Å². The SMILES string of the molecule is CN(C)CCSc1nnc(C(C(=O)NC(=O)C2CCCCCC2)C2CCN(C(=O)OC(C)(C)C)CC2)o1.Cl. The van der Waals surface area contributed by atoms with Gasteiger partial charge in [0.05, 0.1) is 0 Å². The fourth-order valence-electron chi connectivity index (χ4n) is 4.83. The van der Waals surface area contributed by atoms with Gasteiger partial charge in [-0.3, -0.25) is 14.9 Å². The van der Waals surface area contributed by atoms with Crippen LogP contribution >= 0.6 is 24.2 Å². The number of ether oxygens (including phenoxy) is 1. The van der Waals surface area contributed by atoms with Crippen molar-refractivity contribution in [2.24, 2.45) is 11.8 Å². The Kier molecular flexibility index (Phi) is 12.8. The summed E-state index contributed by atoms with van der Waals surface area (Å²) in [5.74, 6) is -0.608. The molecule has 1 aliphatic carbocycles. The number of nitrogens with zero attached hydrogens (tertiary/aromatic N) is 4. The van der Waals surface area contributed by atoms with Crippen molar-refractivity contribution in [2.75, 3.05) is 39.5 Å². The molecule has 2 heterocycles. The predicted octanol–water partition coefficient (Wildman–Crippen LogP) is 4.49. The summed E-state index contributed by atoms with van der Waals surface area (Å²) < 4.78 is 11.4. The Hall–Kier alpha value is -1.85. The summed E-state index contributed by atoms with van der Waals surface area (Å²) in [6.45, 7) is 7.29. The van der Waals surface area contributed by atoms with Crippen molar-refractivity contribution < 1.29 is 23.5 Å². The molecule has 3 rings (SSSR count). The van der Waals surface area contributed by atoms with Gasteiger partial charge in [0.2, 0.25) is 17.7 Å². The Morgan fingerprint density at radius 1 is 1.08 bits per heavy atom. The van der Waals surface area contributed by atoms with Gasteiger partial charge in [0.15, 0.2) is 0 Å². The molecule has 1 aliphatic heterocycles. The summed E-state index contributed by atoms with van der Waals surface area (Å²) >= 11 is 1.44. The molecule has 3 amide bonds. The van der Waals surface area contributed by atoms with E-state index in [2.05, 4.69) is 20.4 Å². The van der Waals surface area contributed by atoms with Crippen molar-refractivity contribution in [1.82, 2.24) is 25.3 Å². The van der Waals surface area contributed by atoms with Gasteiger partial charge >= 0.3 is 6.09 Å². The number of aromatic nitrogens is 2. The molecule has 2 fully saturated rings. The Bertz CT molecular complexity index is 906. The van der Waals surface area contributed by atoms with E-state index in [0.29, 0.717) is 31.2 Å². The molecule has 1 saturated carbocycles. The third-order valence-corrected chi connectivity index (χ3v) is 7.67. The van der Waals surface area contributed by atoms with E-state index in [4.69, 9.17) is 9.15 Å². The van der Waals surface area contributed by atoms with E-state index in [9.17, 15) is 14.4 Å². The fourth-order valence-corrected chi connectivity index (χ4v) is 5.71. The summed E-state index contributed by atoms with van der Waals surface area (Å²) in [7, 11) is 3.99. The van der Waals surface area contributed by atoms with Crippen molar-refractivity contribution in [3.63, 3.8) is 0 Å². The minimum absolute atomic E-state index is 0. The molecule has 1 unspecified atom stereocenters. The Morgan fingerprint density at radius 3 is 2.29 bits per heavy atom. The molecule has 0 bridgehead atoms. The molecule has 0 aromatic carbocycles. The van der Waals surface area contributed by atoms with Gasteiger partial charge < -0.3 is 19.0 Å². The van der Waals surface area contributed by atoms with Gasteiger partial charge in [-0.2, -0.15) is 0 Å². The minimum atomic E-state index is -0.744. The number of thioether (sulfide) groups is 1. The molecular formula is C26H44ClN5O5S. The lowest BCUT2D eigenvalue weighted by molar-refractivity contribution is -0.135. The van der Waals surface area contributed by atoms with Gasteiger partial charge in [0, 0.05) is 31.3 Å². The second-order valence-electron chi connectivity index (χ2n) is 11.4. The molecule has 1 saturated heterocycles. The van der Waals surface area contributed by atoms with Crippen LogP contribution in [0.5, 0.6) is 0 Å². The van der Waals surface area contributed by atoms with E-state index in [-0.39, 0.29) is 42.1 Å². The number of hydrogen-bond acceptors (Lipinski definition) is 9. The zero-order chi connectivity index (χ0) is 27.0. The first-order chi connectivity index (χ1) is 17.5. The van der Waals surface area contributed by atoms with Crippen LogP contribution in [0.3, 0.4) is 0 Å². The minimum Gasteiger partial charge on any atom is -0.444 e. The number of imide groups is 1. The third kappa shape index (κ3) is 10.0. The predicted molar refractivity (Wildman–Crippen MR) is 148 cm³/mol. The van der Waals surface area contributed by atoms with E-state index in [1.54, 1.807) is 4.90 Å². The molecular weight excluding hydrogens is 530 g/mol. The Balaban J connectivity index is 0.00000507. The van der Waals surface area contributed by atoms with Gasteiger partial charge in [-0.05, 0) is 66.5 Å². The zero-order valence-corrected chi connectivity index (χ0v) is 25.0. The van der Waals surface area contributed by atoms with Crippen LogP contribution in [0.15, 0.2) is 9.64 Å². The second kappa shape index (κ2) is 15.1. The number of carbonyl (C=O) groups excluding carboxylic acids is 3. The average molecular weight is 574 g/mol. The van der Waals surface area contributed by atoms with E-state index in [1.165, 1.54) is 11.8 Å². The normalized spacial score (nSPS) is 18.4. The summed E-state index contributed by atoms with van der Waals surface area (Å²) in [6.07, 6.45) is 6.69. The van der Waals surface area contributed by atoms with Gasteiger partial charge in [0.25, 0.3) is 5.22 Å². The lowest BCUT2D eigenvalue weighted by Crippen LogP contribution is -2.46. The van der Waals surface area contributed by atoms with E-state index >= 15 is 0 Å². The molecule has 1 atom stereocenters. The number of halogens is 1. The Labute approximate surface area is 236 Å². The maximum atomic E-state index is 13.5. The molecule has 12 heteroatoms. The summed E-state index contributed by atoms with van der Waals surface area (Å²) in [5, 5.41) is 11.5. The highest BCUT2D eigenvalue weighted by Gasteiger charge is 2.39. The quantitative estimate of drug-likeness (QED) is 0.354. The highest BCUT2D eigenvalue weighted by molar-refractivity contribution is 7.99. The number of nitrogens with one attached hydrogen (secondary N) is 1. The zero-order valence-electron chi connectivity index (χ0n) is 23.4. The van der Waals surface area contributed by atoms with E-state index in [0.717, 1.165) is 50.8 Å². The van der Waals surface area contributed by atoms with Crippen LogP contribution in [0, 0.1) is 11.8 Å².